The number of ether oxygens (including phenoxy) is 1. The van der Waals surface area contributed by atoms with Gasteiger partial charge in [0.1, 0.15) is 0 Å². The summed E-state index contributed by atoms with van der Waals surface area (Å²) in [6.07, 6.45) is 1.08. The summed E-state index contributed by atoms with van der Waals surface area (Å²) in [5, 5.41) is 7.04. The van der Waals surface area contributed by atoms with Gasteiger partial charge in [0.05, 0.1) is 7.11 Å². The van der Waals surface area contributed by atoms with Crippen molar-refractivity contribution in [2.45, 2.75) is 19.4 Å². The van der Waals surface area contributed by atoms with Crippen LogP contribution in [0, 0.1) is 11.7 Å². The van der Waals surface area contributed by atoms with Gasteiger partial charge < -0.3 is 15.4 Å². The molecule has 0 radical (unpaired) electrons. The average Bonchev–Trinajstić information content (AvgIpc) is 2.60. The van der Waals surface area contributed by atoms with Crippen LogP contribution in [0.25, 0.3) is 0 Å². The molecule has 0 saturated heterocycles. The Kier molecular flexibility index (Phi) is 4.82. The Morgan fingerprint density at radius 1 is 1.30 bits per heavy atom. The largest absolute Gasteiger partial charge is 0.494 e. The molecular weight excluding hydrogens is 291 g/mol. The van der Waals surface area contributed by atoms with E-state index < -0.39 is 0 Å². The number of benzene rings is 2. The van der Waals surface area contributed by atoms with Crippen LogP contribution >= 0.6 is 0 Å². The Morgan fingerprint density at radius 3 is 2.96 bits per heavy atom. The summed E-state index contributed by atoms with van der Waals surface area (Å²) in [6.45, 7) is 3.99. The van der Waals surface area contributed by atoms with Gasteiger partial charge in [-0.3, -0.25) is 0 Å². The minimum Gasteiger partial charge on any atom is -0.494 e. The van der Waals surface area contributed by atoms with Crippen LogP contribution in [0.4, 0.5) is 10.1 Å². The van der Waals surface area contributed by atoms with Crippen molar-refractivity contribution in [1.29, 1.82) is 0 Å². The van der Waals surface area contributed by atoms with Crippen LogP contribution in [0.3, 0.4) is 0 Å². The van der Waals surface area contributed by atoms with Gasteiger partial charge in [-0.1, -0.05) is 24.3 Å². The molecule has 2 unspecified atom stereocenters. The molecule has 1 aliphatic heterocycles. The molecule has 1 heterocycles. The average molecular weight is 314 g/mol. The zero-order valence-corrected chi connectivity index (χ0v) is 13.6. The molecular formula is C19H23FN2O. The number of para-hydroxylation sites is 1. The van der Waals surface area contributed by atoms with E-state index in [0.717, 1.165) is 25.1 Å². The van der Waals surface area contributed by atoms with Crippen LogP contribution in [-0.2, 0) is 6.42 Å². The normalized spacial score (nSPS) is 18.0. The molecule has 0 bridgehead atoms. The van der Waals surface area contributed by atoms with Crippen LogP contribution in [0.15, 0.2) is 42.5 Å². The van der Waals surface area contributed by atoms with Gasteiger partial charge >= 0.3 is 0 Å². The van der Waals surface area contributed by atoms with Gasteiger partial charge in [-0.05, 0) is 48.6 Å². The number of rotatable bonds is 5. The third kappa shape index (κ3) is 3.64. The number of halogens is 1. The lowest BCUT2D eigenvalue weighted by Gasteiger charge is -2.27. The quantitative estimate of drug-likeness (QED) is 0.881. The zero-order valence-electron chi connectivity index (χ0n) is 13.6. The van der Waals surface area contributed by atoms with Crippen LogP contribution in [0.5, 0.6) is 5.75 Å². The third-order valence-electron chi connectivity index (χ3n) is 4.50. The highest BCUT2D eigenvalue weighted by Gasteiger charge is 2.18. The number of hydrogen-bond acceptors (Lipinski definition) is 3. The maximum absolute atomic E-state index is 13.5. The van der Waals surface area contributed by atoms with Gasteiger partial charge in [0, 0.05) is 24.8 Å². The highest BCUT2D eigenvalue weighted by atomic mass is 19.1. The van der Waals surface area contributed by atoms with Gasteiger partial charge in [0.15, 0.2) is 11.6 Å². The summed E-state index contributed by atoms with van der Waals surface area (Å²) in [6, 6.07) is 13.7. The van der Waals surface area contributed by atoms with Gasteiger partial charge in [0.25, 0.3) is 0 Å². The molecule has 1 aliphatic rings. The van der Waals surface area contributed by atoms with Crippen molar-refractivity contribution in [1.82, 2.24) is 5.32 Å². The Bertz CT molecular complexity index is 674. The van der Waals surface area contributed by atoms with E-state index in [4.69, 9.17) is 4.74 Å². The lowest BCUT2D eigenvalue weighted by atomic mass is 9.93. The first-order valence-corrected chi connectivity index (χ1v) is 8.06. The highest BCUT2D eigenvalue weighted by molar-refractivity contribution is 5.53. The van der Waals surface area contributed by atoms with Gasteiger partial charge in [-0.2, -0.15) is 0 Å². The van der Waals surface area contributed by atoms with E-state index in [1.54, 1.807) is 6.07 Å². The van der Waals surface area contributed by atoms with Gasteiger partial charge in [-0.25, -0.2) is 4.39 Å². The Morgan fingerprint density at radius 2 is 2.13 bits per heavy atom. The molecule has 0 amide bonds. The molecule has 4 heteroatoms. The predicted octanol–water partition coefficient (Wildman–Crippen LogP) is 3.77. The second kappa shape index (κ2) is 7.01. The first kappa shape index (κ1) is 15.8. The minimum atomic E-state index is -0.323. The molecule has 0 aromatic heterocycles. The Labute approximate surface area is 136 Å². The molecule has 2 aromatic carbocycles. The minimum absolute atomic E-state index is 0.154. The number of fused-ring (bicyclic) bond motifs is 1. The van der Waals surface area contributed by atoms with E-state index >= 15 is 0 Å². The molecule has 0 aliphatic carbocycles. The number of anilines is 1. The van der Waals surface area contributed by atoms with Gasteiger partial charge in [0.2, 0.25) is 0 Å². The summed E-state index contributed by atoms with van der Waals surface area (Å²) in [5.41, 5.74) is 3.66. The molecule has 0 spiro atoms. The number of methoxy groups -OCH3 is 1. The summed E-state index contributed by atoms with van der Waals surface area (Å²) in [5.74, 6) is 0.524. The standard InChI is InChI=1S/C19H23FN2O/c1-13(15-7-8-17(20)19(10-15)23-2)21-11-14-9-16-5-3-4-6-18(16)22-12-14/h3-8,10,13-14,21-22H,9,11-12H2,1-2H3. The van der Waals surface area contributed by atoms with Crippen molar-refractivity contribution < 1.29 is 9.13 Å². The van der Waals surface area contributed by atoms with Crippen molar-refractivity contribution >= 4 is 5.69 Å². The summed E-state index contributed by atoms with van der Waals surface area (Å²) in [7, 11) is 1.49. The second-order valence-corrected chi connectivity index (χ2v) is 6.13. The number of nitrogens with one attached hydrogen (secondary N) is 2. The summed E-state index contributed by atoms with van der Waals surface area (Å²) >= 11 is 0. The summed E-state index contributed by atoms with van der Waals surface area (Å²) in [4.78, 5) is 0. The molecule has 0 fully saturated rings. The predicted molar refractivity (Wildman–Crippen MR) is 91.5 cm³/mol. The van der Waals surface area contributed by atoms with E-state index in [0.29, 0.717) is 11.7 Å². The lowest BCUT2D eigenvalue weighted by molar-refractivity contribution is 0.384. The topological polar surface area (TPSA) is 33.3 Å². The zero-order chi connectivity index (χ0) is 16.2. The molecule has 2 aromatic rings. The van der Waals surface area contributed by atoms with E-state index in [2.05, 4.69) is 41.8 Å². The van der Waals surface area contributed by atoms with Crippen molar-refractivity contribution in [3.63, 3.8) is 0 Å². The Hall–Kier alpha value is -2.07. The maximum Gasteiger partial charge on any atom is 0.165 e. The molecule has 122 valence electrons. The molecule has 3 rings (SSSR count). The van der Waals surface area contributed by atoms with Crippen molar-refractivity contribution in [2.75, 3.05) is 25.5 Å². The van der Waals surface area contributed by atoms with Crippen molar-refractivity contribution in [3.8, 4) is 5.75 Å². The van der Waals surface area contributed by atoms with E-state index in [1.807, 2.05) is 6.07 Å². The maximum atomic E-state index is 13.5. The first-order valence-electron chi connectivity index (χ1n) is 8.06. The first-order chi connectivity index (χ1) is 11.2. The molecule has 3 nitrogen and oxygen atoms in total. The van der Waals surface area contributed by atoms with E-state index in [-0.39, 0.29) is 11.9 Å². The fourth-order valence-corrected chi connectivity index (χ4v) is 3.06. The summed E-state index contributed by atoms with van der Waals surface area (Å²) < 4.78 is 18.6. The van der Waals surface area contributed by atoms with E-state index in [9.17, 15) is 4.39 Å². The monoisotopic (exact) mass is 314 g/mol. The van der Waals surface area contributed by atoms with Crippen LogP contribution in [0.1, 0.15) is 24.1 Å². The molecule has 2 N–H and O–H groups in total. The van der Waals surface area contributed by atoms with Gasteiger partial charge in [-0.15, -0.1) is 0 Å². The third-order valence-corrected chi connectivity index (χ3v) is 4.50. The fourth-order valence-electron chi connectivity index (χ4n) is 3.06. The second-order valence-electron chi connectivity index (χ2n) is 6.13. The van der Waals surface area contributed by atoms with Crippen LogP contribution in [-0.4, -0.2) is 20.2 Å². The molecule has 0 saturated carbocycles. The Balaban J connectivity index is 1.58. The highest BCUT2D eigenvalue weighted by Crippen LogP contribution is 2.25. The molecule has 23 heavy (non-hydrogen) atoms. The SMILES string of the molecule is COc1cc(C(C)NCC2CNc3ccccc3C2)ccc1F. The fraction of sp³-hybridized carbons (Fsp3) is 0.368. The van der Waals surface area contributed by atoms with Crippen molar-refractivity contribution in [2.24, 2.45) is 5.92 Å². The van der Waals surface area contributed by atoms with Crippen LogP contribution < -0.4 is 15.4 Å². The van der Waals surface area contributed by atoms with Crippen molar-refractivity contribution in [3.05, 3.63) is 59.4 Å². The lowest BCUT2D eigenvalue weighted by Crippen LogP contribution is -2.33. The number of hydrogen-bond donors (Lipinski definition) is 2. The van der Waals surface area contributed by atoms with Crippen LogP contribution in [0.2, 0.25) is 0 Å². The smallest absolute Gasteiger partial charge is 0.165 e. The van der Waals surface area contributed by atoms with E-state index in [1.165, 1.54) is 24.4 Å². The molecule has 2 atom stereocenters.